The molecule has 3 aromatic carbocycles. The molecule has 1 amide bonds. The molecule has 29 heavy (non-hydrogen) atoms. The molecule has 4 rings (SSSR count). The van der Waals surface area contributed by atoms with E-state index in [0.29, 0.717) is 12.3 Å². The molecule has 0 saturated carbocycles. The number of hydrogen-bond acceptors (Lipinski definition) is 4. The van der Waals surface area contributed by atoms with Crippen LogP contribution < -0.4 is 14.8 Å². The minimum absolute atomic E-state index is 0.0441. The smallest absolute Gasteiger partial charge is 0.258 e. The van der Waals surface area contributed by atoms with E-state index in [4.69, 9.17) is 9.47 Å². The first-order valence-corrected chi connectivity index (χ1v) is 9.28. The van der Waals surface area contributed by atoms with Gasteiger partial charge in [-0.3, -0.25) is 4.79 Å². The predicted molar refractivity (Wildman–Crippen MR) is 111 cm³/mol. The van der Waals surface area contributed by atoms with E-state index in [1.807, 2.05) is 79.0 Å². The number of rotatable bonds is 7. The maximum absolute atomic E-state index is 12.1. The molecule has 6 heteroatoms. The Labute approximate surface area is 168 Å². The fourth-order valence-electron chi connectivity index (χ4n) is 2.98. The second kappa shape index (κ2) is 8.48. The Balaban J connectivity index is 1.29. The molecule has 1 heterocycles. The molecule has 1 N–H and O–H groups in total. The Morgan fingerprint density at radius 3 is 2.52 bits per heavy atom. The van der Waals surface area contributed by atoms with Gasteiger partial charge in [-0.15, -0.1) is 0 Å². The molecule has 0 radical (unpaired) electrons. The van der Waals surface area contributed by atoms with Crippen molar-refractivity contribution < 1.29 is 14.3 Å². The number of aromatic nitrogens is 2. The third-order valence-corrected chi connectivity index (χ3v) is 4.54. The van der Waals surface area contributed by atoms with E-state index in [9.17, 15) is 4.79 Å². The zero-order valence-electron chi connectivity index (χ0n) is 16.0. The van der Waals surface area contributed by atoms with Gasteiger partial charge >= 0.3 is 0 Å². The number of fused-ring (bicyclic) bond motifs is 1. The van der Waals surface area contributed by atoms with E-state index in [1.54, 1.807) is 11.8 Å². The first kappa shape index (κ1) is 18.6. The van der Waals surface area contributed by atoms with Gasteiger partial charge in [0.25, 0.3) is 5.91 Å². The van der Waals surface area contributed by atoms with E-state index in [0.717, 1.165) is 27.9 Å². The third-order valence-electron chi connectivity index (χ3n) is 4.54. The average molecular weight is 387 g/mol. The summed E-state index contributed by atoms with van der Waals surface area (Å²) in [6, 6.07) is 23.3. The molecule has 1 aromatic heterocycles. The quantitative estimate of drug-likeness (QED) is 0.525. The van der Waals surface area contributed by atoms with Crippen molar-refractivity contribution in [2.24, 2.45) is 0 Å². The van der Waals surface area contributed by atoms with Crippen LogP contribution in [0.5, 0.6) is 11.5 Å². The maximum Gasteiger partial charge on any atom is 0.258 e. The summed E-state index contributed by atoms with van der Waals surface area (Å²) in [7, 11) is 1.63. The Morgan fingerprint density at radius 2 is 1.72 bits per heavy atom. The molecular formula is C23H21N3O3. The number of ether oxygens (including phenoxy) is 2. The molecular weight excluding hydrogens is 366 g/mol. The van der Waals surface area contributed by atoms with Gasteiger partial charge in [-0.1, -0.05) is 30.3 Å². The number of hydrogen-bond donors (Lipinski definition) is 1. The lowest BCUT2D eigenvalue weighted by Crippen LogP contribution is -2.28. The van der Waals surface area contributed by atoms with Gasteiger partial charge in [0.1, 0.15) is 11.5 Å². The predicted octanol–water partition coefficient (Wildman–Crippen LogP) is 3.73. The largest absolute Gasteiger partial charge is 0.497 e. The van der Waals surface area contributed by atoms with E-state index in [-0.39, 0.29) is 12.5 Å². The topological polar surface area (TPSA) is 65.4 Å². The molecule has 0 spiro atoms. The van der Waals surface area contributed by atoms with Crippen LogP contribution in [0.15, 0.2) is 79.0 Å². The molecule has 0 atom stereocenters. The number of methoxy groups -OCH3 is 1. The van der Waals surface area contributed by atoms with E-state index in [1.165, 1.54) is 0 Å². The lowest BCUT2D eigenvalue weighted by molar-refractivity contribution is -0.123. The first-order valence-electron chi connectivity index (χ1n) is 9.28. The molecule has 146 valence electrons. The zero-order chi connectivity index (χ0) is 20.1. The Bertz CT molecular complexity index is 1120. The number of benzene rings is 3. The Hall–Kier alpha value is -3.80. The molecule has 0 aliphatic rings. The summed E-state index contributed by atoms with van der Waals surface area (Å²) < 4.78 is 12.5. The van der Waals surface area contributed by atoms with Crippen molar-refractivity contribution in [1.82, 2.24) is 15.1 Å². The molecule has 4 aromatic rings. The van der Waals surface area contributed by atoms with Crippen molar-refractivity contribution >= 4 is 16.7 Å². The van der Waals surface area contributed by atoms with Crippen LogP contribution in [-0.2, 0) is 11.3 Å². The third kappa shape index (κ3) is 4.55. The van der Waals surface area contributed by atoms with Gasteiger partial charge < -0.3 is 14.8 Å². The second-order valence-electron chi connectivity index (χ2n) is 6.52. The van der Waals surface area contributed by atoms with Crippen LogP contribution in [0.2, 0.25) is 0 Å². The molecule has 0 aliphatic heterocycles. The van der Waals surface area contributed by atoms with Crippen molar-refractivity contribution in [3.8, 4) is 17.2 Å². The highest BCUT2D eigenvalue weighted by Crippen LogP contribution is 2.20. The summed E-state index contributed by atoms with van der Waals surface area (Å²) in [6.07, 6.45) is 1.86. The summed E-state index contributed by atoms with van der Waals surface area (Å²) in [6.45, 7) is 0.292. The molecule has 0 saturated heterocycles. The van der Waals surface area contributed by atoms with Crippen LogP contribution in [0.4, 0.5) is 0 Å². The van der Waals surface area contributed by atoms with Gasteiger partial charge in [0.2, 0.25) is 0 Å². The molecule has 0 unspecified atom stereocenters. The number of carbonyl (C=O) groups excluding carboxylic acids is 1. The van der Waals surface area contributed by atoms with Gasteiger partial charge in [0, 0.05) is 6.20 Å². The number of carbonyl (C=O) groups is 1. The highest BCUT2D eigenvalue weighted by Gasteiger charge is 2.06. The van der Waals surface area contributed by atoms with E-state index >= 15 is 0 Å². The summed E-state index contributed by atoms with van der Waals surface area (Å²) in [4.78, 5) is 12.1. The SMILES string of the molecule is COc1ccc(-n2ccc(CNC(=O)COc3ccc4ccccc4c3)n2)cc1. The zero-order valence-corrected chi connectivity index (χ0v) is 16.0. The number of nitrogens with one attached hydrogen (secondary N) is 1. The van der Waals surface area contributed by atoms with Crippen LogP contribution in [0.3, 0.4) is 0 Å². The first-order chi connectivity index (χ1) is 14.2. The van der Waals surface area contributed by atoms with E-state index < -0.39 is 0 Å². The number of nitrogens with zero attached hydrogens (tertiary/aromatic N) is 2. The lowest BCUT2D eigenvalue weighted by Gasteiger charge is -2.08. The van der Waals surface area contributed by atoms with Crippen LogP contribution in [-0.4, -0.2) is 29.4 Å². The fraction of sp³-hybridized carbons (Fsp3) is 0.130. The minimum atomic E-state index is -0.197. The van der Waals surface area contributed by atoms with Crippen LogP contribution in [0, 0.1) is 0 Å². The van der Waals surface area contributed by atoms with Crippen LogP contribution in [0.25, 0.3) is 16.5 Å². The summed E-state index contributed by atoms with van der Waals surface area (Å²) in [5.41, 5.74) is 1.68. The van der Waals surface area contributed by atoms with Crippen molar-refractivity contribution in [2.45, 2.75) is 6.54 Å². The van der Waals surface area contributed by atoms with Gasteiger partial charge in [-0.25, -0.2) is 4.68 Å². The van der Waals surface area contributed by atoms with Crippen LogP contribution >= 0.6 is 0 Å². The summed E-state index contributed by atoms with van der Waals surface area (Å²) >= 11 is 0. The lowest BCUT2D eigenvalue weighted by atomic mass is 10.1. The van der Waals surface area contributed by atoms with Crippen molar-refractivity contribution in [3.05, 3.63) is 84.7 Å². The van der Waals surface area contributed by atoms with Gasteiger partial charge in [0.05, 0.1) is 25.0 Å². The van der Waals surface area contributed by atoms with Gasteiger partial charge in [-0.05, 0) is 53.2 Å². The Kier molecular flexibility index (Phi) is 5.42. The van der Waals surface area contributed by atoms with Crippen molar-refractivity contribution in [3.63, 3.8) is 0 Å². The fourth-order valence-corrected chi connectivity index (χ4v) is 2.98. The molecule has 6 nitrogen and oxygen atoms in total. The van der Waals surface area contributed by atoms with Crippen molar-refractivity contribution in [2.75, 3.05) is 13.7 Å². The van der Waals surface area contributed by atoms with Crippen LogP contribution in [0.1, 0.15) is 5.69 Å². The maximum atomic E-state index is 12.1. The second-order valence-corrected chi connectivity index (χ2v) is 6.52. The van der Waals surface area contributed by atoms with Gasteiger partial charge in [-0.2, -0.15) is 5.10 Å². The molecule has 0 aliphatic carbocycles. The standard InChI is InChI=1S/C23H21N3O3/c1-28-21-10-7-20(8-11-21)26-13-12-19(25-26)15-24-23(27)16-29-22-9-6-17-4-2-3-5-18(17)14-22/h2-14H,15-16H2,1H3,(H,24,27). The normalized spacial score (nSPS) is 10.7. The molecule has 0 fully saturated rings. The average Bonchev–Trinajstić information content (AvgIpc) is 3.25. The summed E-state index contributed by atoms with van der Waals surface area (Å²) in [5.74, 6) is 1.26. The minimum Gasteiger partial charge on any atom is -0.497 e. The number of amides is 1. The Morgan fingerprint density at radius 1 is 0.966 bits per heavy atom. The highest BCUT2D eigenvalue weighted by atomic mass is 16.5. The van der Waals surface area contributed by atoms with E-state index in [2.05, 4.69) is 10.4 Å². The summed E-state index contributed by atoms with van der Waals surface area (Å²) in [5, 5.41) is 9.52. The van der Waals surface area contributed by atoms with Gasteiger partial charge in [0.15, 0.2) is 6.61 Å². The highest BCUT2D eigenvalue weighted by molar-refractivity contribution is 5.84. The monoisotopic (exact) mass is 387 g/mol. The molecule has 0 bridgehead atoms. The van der Waals surface area contributed by atoms with Crippen molar-refractivity contribution in [1.29, 1.82) is 0 Å².